The topological polar surface area (TPSA) is 29.5 Å². The standard InChI is InChI=1S/C27H25NO2S/c29-26(20-12-14-22(15-13-20)30-19-18-28-16-6-7-17-28)25-23-10-4-5-11-24(23)31-27(25)21-8-2-1-3-9-21/h1-5,8-15H,6-7,16-19H2. The predicted octanol–water partition coefficient (Wildman–Crippen LogP) is 6.27. The number of fused-ring (bicyclic) bond motifs is 1. The maximum absolute atomic E-state index is 13.6. The quantitative estimate of drug-likeness (QED) is 0.325. The lowest BCUT2D eigenvalue weighted by molar-refractivity contribution is 0.104. The van der Waals surface area contributed by atoms with Gasteiger partial charge < -0.3 is 4.74 Å². The summed E-state index contributed by atoms with van der Waals surface area (Å²) in [6.07, 6.45) is 2.58. The first kappa shape index (κ1) is 20.0. The smallest absolute Gasteiger partial charge is 0.195 e. The average molecular weight is 428 g/mol. The summed E-state index contributed by atoms with van der Waals surface area (Å²) in [5.41, 5.74) is 2.55. The predicted molar refractivity (Wildman–Crippen MR) is 128 cm³/mol. The van der Waals surface area contributed by atoms with Gasteiger partial charge in [0, 0.05) is 32.6 Å². The maximum Gasteiger partial charge on any atom is 0.195 e. The maximum atomic E-state index is 13.6. The molecule has 2 heterocycles. The number of benzene rings is 3. The van der Waals surface area contributed by atoms with Crippen molar-refractivity contribution in [3.05, 3.63) is 90.0 Å². The number of carbonyl (C=O) groups excluding carboxylic acids is 1. The second-order valence-corrected chi connectivity index (χ2v) is 8.97. The molecule has 0 bridgehead atoms. The minimum atomic E-state index is 0.0555. The Labute approximate surface area is 186 Å². The third-order valence-corrected chi connectivity index (χ3v) is 7.07. The van der Waals surface area contributed by atoms with Crippen LogP contribution in [0.5, 0.6) is 5.75 Å². The summed E-state index contributed by atoms with van der Waals surface area (Å²) in [6, 6.07) is 25.9. The van der Waals surface area contributed by atoms with E-state index in [9.17, 15) is 4.79 Å². The minimum Gasteiger partial charge on any atom is -0.492 e. The van der Waals surface area contributed by atoms with E-state index in [-0.39, 0.29) is 5.78 Å². The van der Waals surface area contributed by atoms with Crippen LogP contribution in [0.3, 0.4) is 0 Å². The van der Waals surface area contributed by atoms with Crippen LogP contribution in [-0.4, -0.2) is 36.9 Å². The van der Waals surface area contributed by atoms with Gasteiger partial charge in [-0.05, 0) is 61.8 Å². The average Bonchev–Trinajstić information content (AvgIpc) is 3.47. The van der Waals surface area contributed by atoms with Gasteiger partial charge in [-0.15, -0.1) is 11.3 Å². The molecule has 0 amide bonds. The highest BCUT2D eigenvalue weighted by Gasteiger charge is 2.21. The molecule has 156 valence electrons. The summed E-state index contributed by atoms with van der Waals surface area (Å²) in [4.78, 5) is 17.0. The van der Waals surface area contributed by atoms with Crippen molar-refractivity contribution in [1.29, 1.82) is 0 Å². The summed E-state index contributed by atoms with van der Waals surface area (Å²) in [5.74, 6) is 0.870. The fourth-order valence-electron chi connectivity index (χ4n) is 4.21. The van der Waals surface area contributed by atoms with Gasteiger partial charge in [-0.25, -0.2) is 0 Å². The van der Waals surface area contributed by atoms with Crippen LogP contribution in [0.4, 0.5) is 0 Å². The van der Waals surface area contributed by atoms with Crippen LogP contribution in [0, 0.1) is 0 Å². The third-order valence-electron chi connectivity index (χ3n) is 5.85. The normalized spacial score (nSPS) is 14.2. The van der Waals surface area contributed by atoms with Crippen LogP contribution in [0.25, 0.3) is 20.5 Å². The van der Waals surface area contributed by atoms with E-state index < -0.39 is 0 Å². The molecule has 31 heavy (non-hydrogen) atoms. The second kappa shape index (κ2) is 9.04. The number of hydrogen-bond donors (Lipinski definition) is 0. The molecule has 1 aliphatic rings. The molecule has 3 nitrogen and oxygen atoms in total. The van der Waals surface area contributed by atoms with Crippen molar-refractivity contribution >= 4 is 27.2 Å². The van der Waals surface area contributed by atoms with Crippen molar-refractivity contribution in [3.63, 3.8) is 0 Å². The van der Waals surface area contributed by atoms with Gasteiger partial charge in [0.25, 0.3) is 0 Å². The molecule has 4 heteroatoms. The summed E-state index contributed by atoms with van der Waals surface area (Å²) < 4.78 is 7.04. The van der Waals surface area contributed by atoms with Crippen LogP contribution in [-0.2, 0) is 0 Å². The Balaban J connectivity index is 1.39. The third kappa shape index (κ3) is 4.27. The SMILES string of the molecule is O=C(c1ccc(OCCN2CCCC2)cc1)c1c(-c2ccccc2)sc2ccccc12. The van der Waals surface area contributed by atoms with Crippen molar-refractivity contribution in [2.24, 2.45) is 0 Å². The van der Waals surface area contributed by atoms with Crippen molar-refractivity contribution in [1.82, 2.24) is 4.90 Å². The van der Waals surface area contributed by atoms with E-state index in [0.717, 1.165) is 38.4 Å². The Morgan fingerprint density at radius 2 is 1.58 bits per heavy atom. The van der Waals surface area contributed by atoms with E-state index in [1.807, 2.05) is 60.7 Å². The van der Waals surface area contributed by atoms with Gasteiger partial charge in [0.2, 0.25) is 0 Å². The first-order chi connectivity index (χ1) is 15.3. The van der Waals surface area contributed by atoms with Gasteiger partial charge in [0.15, 0.2) is 5.78 Å². The van der Waals surface area contributed by atoms with E-state index in [1.165, 1.54) is 25.9 Å². The molecule has 1 saturated heterocycles. The van der Waals surface area contributed by atoms with E-state index in [0.29, 0.717) is 12.2 Å². The fraction of sp³-hybridized carbons (Fsp3) is 0.222. The second-order valence-electron chi connectivity index (χ2n) is 7.92. The molecule has 1 fully saturated rings. The zero-order valence-corrected chi connectivity index (χ0v) is 18.2. The summed E-state index contributed by atoms with van der Waals surface area (Å²) in [5, 5.41) is 1.02. The van der Waals surface area contributed by atoms with Crippen LogP contribution in [0.1, 0.15) is 28.8 Å². The Morgan fingerprint density at radius 1 is 0.871 bits per heavy atom. The molecule has 1 aromatic heterocycles. The first-order valence-corrected chi connectivity index (χ1v) is 11.7. The summed E-state index contributed by atoms with van der Waals surface area (Å²) in [7, 11) is 0. The number of rotatable bonds is 7. The van der Waals surface area contributed by atoms with Crippen LogP contribution in [0.2, 0.25) is 0 Å². The van der Waals surface area contributed by atoms with Crippen molar-refractivity contribution in [2.75, 3.05) is 26.2 Å². The molecule has 0 radical (unpaired) electrons. The molecule has 0 saturated carbocycles. The molecular weight excluding hydrogens is 402 g/mol. The van der Waals surface area contributed by atoms with E-state index in [2.05, 4.69) is 23.1 Å². The van der Waals surface area contributed by atoms with Crippen LogP contribution < -0.4 is 4.74 Å². The lowest BCUT2D eigenvalue weighted by Crippen LogP contribution is -2.25. The van der Waals surface area contributed by atoms with Gasteiger partial charge >= 0.3 is 0 Å². The zero-order chi connectivity index (χ0) is 21.0. The number of nitrogens with zero attached hydrogens (tertiary/aromatic N) is 1. The van der Waals surface area contributed by atoms with Crippen LogP contribution >= 0.6 is 11.3 Å². The molecule has 4 aromatic rings. The number of thiophene rings is 1. The Hall–Kier alpha value is -2.95. The van der Waals surface area contributed by atoms with Crippen LogP contribution in [0.15, 0.2) is 78.9 Å². The molecule has 0 atom stereocenters. The molecular formula is C27H25NO2S. The van der Waals surface area contributed by atoms with Gasteiger partial charge in [-0.2, -0.15) is 0 Å². The molecule has 1 aliphatic heterocycles. The first-order valence-electron chi connectivity index (χ1n) is 10.9. The molecule has 3 aromatic carbocycles. The van der Waals surface area contributed by atoms with E-state index in [1.54, 1.807) is 11.3 Å². The van der Waals surface area contributed by atoms with Crippen molar-refractivity contribution < 1.29 is 9.53 Å². The highest BCUT2D eigenvalue weighted by Crippen LogP contribution is 2.39. The Bertz CT molecular complexity index is 1180. The minimum absolute atomic E-state index is 0.0555. The molecule has 0 spiro atoms. The summed E-state index contributed by atoms with van der Waals surface area (Å²) in [6.45, 7) is 3.99. The molecule has 0 aliphatic carbocycles. The largest absolute Gasteiger partial charge is 0.492 e. The number of ether oxygens (including phenoxy) is 1. The van der Waals surface area contributed by atoms with Gasteiger partial charge in [-0.3, -0.25) is 9.69 Å². The lowest BCUT2D eigenvalue weighted by atomic mass is 9.97. The zero-order valence-electron chi connectivity index (χ0n) is 17.4. The Morgan fingerprint density at radius 3 is 2.35 bits per heavy atom. The molecule has 0 unspecified atom stereocenters. The number of ketones is 1. The monoisotopic (exact) mass is 427 g/mol. The summed E-state index contributed by atoms with van der Waals surface area (Å²) >= 11 is 1.68. The van der Waals surface area contributed by atoms with E-state index >= 15 is 0 Å². The lowest BCUT2D eigenvalue weighted by Gasteiger charge is -2.15. The molecule has 5 rings (SSSR count). The highest BCUT2D eigenvalue weighted by atomic mass is 32.1. The van der Waals surface area contributed by atoms with Crippen molar-refractivity contribution in [3.8, 4) is 16.2 Å². The number of hydrogen-bond acceptors (Lipinski definition) is 4. The van der Waals surface area contributed by atoms with Gasteiger partial charge in [0.1, 0.15) is 12.4 Å². The molecule has 0 N–H and O–H groups in total. The van der Waals surface area contributed by atoms with Crippen molar-refractivity contribution in [2.45, 2.75) is 12.8 Å². The Kier molecular flexibility index (Phi) is 5.83. The van der Waals surface area contributed by atoms with Gasteiger partial charge in [0.05, 0.1) is 0 Å². The number of likely N-dealkylation sites (tertiary alicyclic amines) is 1. The van der Waals surface area contributed by atoms with Gasteiger partial charge in [-0.1, -0.05) is 48.5 Å². The fourth-order valence-corrected chi connectivity index (χ4v) is 5.41. The number of carbonyl (C=O) groups is 1. The highest BCUT2D eigenvalue weighted by molar-refractivity contribution is 7.22. The van der Waals surface area contributed by atoms with E-state index in [4.69, 9.17) is 4.74 Å².